The van der Waals surface area contributed by atoms with Crippen molar-refractivity contribution in [3.05, 3.63) is 29.6 Å². The Kier molecular flexibility index (Phi) is 5.42. The lowest BCUT2D eigenvalue weighted by Gasteiger charge is -2.07. The third-order valence-corrected chi connectivity index (χ3v) is 1.65. The van der Waals surface area contributed by atoms with Gasteiger partial charge in [-0.25, -0.2) is 4.39 Å². The molecule has 0 bridgehead atoms. The summed E-state index contributed by atoms with van der Waals surface area (Å²) in [6, 6.07) is 4.80. The van der Waals surface area contributed by atoms with Crippen molar-refractivity contribution in [2.75, 3.05) is 14.2 Å². The normalized spacial score (nSPS) is 9.15. The van der Waals surface area contributed by atoms with E-state index in [0.717, 1.165) is 0 Å². The predicted molar refractivity (Wildman–Crippen MR) is 53.0 cm³/mol. The van der Waals surface area contributed by atoms with Crippen molar-refractivity contribution in [1.29, 1.82) is 0 Å². The van der Waals surface area contributed by atoms with Crippen molar-refractivity contribution in [3.8, 4) is 5.75 Å². The highest BCUT2D eigenvalue weighted by Gasteiger charge is 2.06. The van der Waals surface area contributed by atoms with E-state index < -0.39 is 0 Å². The first-order valence-electron chi connectivity index (χ1n) is 3.75. The average molecular weight is 206 g/mol. The summed E-state index contributed by atoms with van der Waals surface area (Å²) in [4.78, 5) is 0. The summed E-state index contributed by atoms with van der Waals surface area (Å²) in [5.74, 6) is 0.355. The van der Waals surface area contributed by atoms with Gasteiger partial charge in [-0.2, -0.15) is 0 Å². The van der Waals surface area contributed by atoms with Crippen LogP contribution in [0, 0.1) is 5.82 Å². The first-order valence-corrected chi connectivity index (χ1v) is 3.75. The van der Waals surface area contributed by atoms with E-state index >= 15 is 0 Å². The van der Waals surface area contributed by atoms with E-state index in [1.807, 2.05) is 0 Å². The number of nitrogens with one attached hydrogen (secondary N) is 1. The van der Waals surface area contributed by atoms with Crippen molar-refractivity contribution in [2.24, 2.45) is 0 Å². The summed E-state index contributed by atoms with van der Waals surface area (Å²) < 4.78 is 18.1. The molecule has 0 fully saturated rings. The molecule has 1 aromatic rings. The molecule has 0 radical (unpaired) electrons. The van der Waals surface area contributed by atoms with Crippen LogP contribution >= 0.6 is 12.4 Å². The van der Waals surface area contributed by atoms with Gasteiger partial charge in [-0.3, -0.25) is 0 Å². The molecule has 0 aliphatic rings. The summed E-state index contributed by atoms with van der Waals surface area (Å²) in [6.07, 6.45) is 0. The number of hydrogen-bond acceptors (Lipinski definition) is 2. The van der Waals surface area contributed by atoms with Crippen molar-refractivity contribution in [2.45, 2.75) is 6.54 Å². The van der Waals surface area contributed by atoms with Crippen LogP contribution in [0.25, 0.3) is 0 Å². The Morgan fingerprint density at radius 1 is 1.46 bits per heavy atom. The molecular formula is C9H13ClFNO. The average Bonchev–Trinajstić information content (AvgIpc) is 2.09. The van der Waals surface area contributed by atoms with Crippen LogP contribution in [0.5, 0.6) is 5.75 Å². The Bertz CT molecular complexity index is 268. The number of methoxy groups -OCH3 is 1. The Balaban J connectivity index is 0.00000144. The molecule has 1 N–H and O–H groups in total. The van der Waals surface area contributed by atoms with E-state index in [1.54, 1.807) is 19.2 Å². The molecule has 0 atom stereocenters. The van der Waals surface area contributed by atoms with Crippen LogP contribution in [0.1, 0.15) is 5.56 Å². The minimum atomic E-state index is -0.233. The summed E-state index contributed by atoms with van der Waals surface area (Å²) in [5.41, 5.74) is 0.572. The quantitative estimate of drug-likeness (QED) is 0.815. The molecule has 4 heteroatoms. The third kappa shape index (κ3) is 2.86. The van der Waals surface area contributed by atoms with E-state index in [1.165, 1.54) is 13.2 Å². The van der Waals surface area contributed by atoms with E-state index in [9.17, 15) is 4.39 Å². The van der Waals surface area contributed by atoms with Crippen molar-refractivity contribution >= 4 is 12.4 Å². The van der Waals surface area contributed by atoms with Gasteiger partial charge in [0.1, 0.15) is 11.6 Å². The van der Waals surface area contributed by atoms with Crippen LogP contribution < -0.4 is 10.1 Å². The van der Waals surface area contributed by atoms with E-state index in [4.69, 9.17) is 4.74 Å². The maximum atomic E-state index is 13.1. The number of benzene rings is 1. The van der Waals surface area contributed by atoms with E-state index in [0.29, 0.717) is 17.9 Å². The lowest BCUT2D eigenvalue weighted by atomic mass is 10.2. The van der Waals surface area contributed by atoms with Gasteiger partial charge >= 0.3 is 0 Å². The Hall–Kier alpha value is -0.800. The van der Waals surface area contributed by atoms with Crippen LogP contribution in [-0.2, 0) is 6.54 Å². The predicted octanol–water partition coefficient (Wildman–Crippen LogP) is 1.98. The molecular weight excluding hydrogens is 193 g/mol. The fraction of sp³-hybridized carbons (Fsp3) is 0.333. The van der Waals surface area contributed by atoms with E-state index in [-0.39, 0.29) is 18.2 Å². The molecule has 2 nitrogen and oxygen atoms in total. The summed E-state index contributed by atoms with van der Waals surface area (Å²) >= 11 is 0. The summed E-state index contributed by atoms with van der Waals surface area (Å²) in [5, 5.41) is 2.88. The molecule has 0 unspecified atom stereocenters. The van der Waals surface area contributed by atoms with Gasteiger partial charge in [-0.05, 0) is 19.2 Å². The van der Waals surface area contributed by atoms with Crippen LogP contribution in [0.3, 0.4) is 0 Å². The maximum Gasteiger partial charge on any atom is 0.131 e. The number of ether oxygens (including phenoxy) is 1. The van der Waals surface area contributed by atoms with Crippen LogP contribution in [-0.4, -0.2) is 14.2 Å². The fourth-order valence-corrected chi connectivity index (χ4v) is 1.08. The zero-order valence-corrected chi connectivity index (χ0v) is 8.45. The molecule has 1 rings (SSSR count). The summed E-state index contributed by atoms with van der Waals surface area (Å²) in [7, 11) is 3.31. The lowest BCUT2D eigenvalue weighted by Crippen LogP contribution is -2.08. The molecule has 0 aliphatic carbocycles. The molecule has 1 aromatic carbocycles. The lowest BCUT2D eigenvalue weighted by molar-refractivity contribution is 0.403. The number of hydrogen-bond donors (Lipinski definition) is 1. The molecule has 0 saturated heterocycles. The number of rotatable bonds is 3. The zero-order valence-electron chi connectivity index (χ0n) is 7.63. The first kappa shape index (κ1) is 12.2. The fourth-order valence-electron chi connectivity index (χ4n) is 1.08. The minimum Gasteiger partial charge on any atom is -0.496 e. The molecule has 74 valence electrons. The largest absolute Gasteiger partial charge is 0.496 e. The SMILES string of the molecule is CNCc1c(F)cccc1OC.Cl. The highest BCUT2D eigenvalue weighted by atomic mass is 35.5. The van der Waals surface area contributed by atoms with Gasteiger partial charge in [0.15, 0.2) is 0 Å². The van der Waals surface area contributed by atoms with Crippen molar-refractivity contribution in [1.82, 2.24) is 5.32 Å². The van der Waals surface area contributed by atoms with Crippen molar-refractivity contribution < 1.29 is 9.13 Å². The molecule has 13 heavy (non-hydrogen) atoms. The smallest absolute Gasteiger partial charge is 0.131 e. The van der Waals surface area contributed by atoms with Gasteiger partial charge in [0.25, 0.3) is 0 Å². The third-order valence-electron chi connectivity index (χ3n) is 1.65. The molecule has 0 aliphatic heterocycles. The monoisotopic (exact) mass is 205 g/mol. The summed E-state index contributed by atoms with van der Waals surface area (Å²) in [6.45, 7) is 0.482. The zero-order chi connectivity index (χ0) is 8.97. The second kappa shape index (κ2) is 5.78. The Morgan fingerprint density at radius 3 is 2.69 bits per heavy atom. The van der Waals surface area contributed by atoms with Gasteiger partial charge in [0.2, 0.25) is 0 Å². The van der Waals surface area contributed by atoms with Gasteiger partial charge in [0.05, 0.1) is 7.11 Å². The van der Waals surface area contributed by atoms with Crippen molar-refractivity contribution in [3.63, 3.8) is 0 Å². The highest BCUT2D eigenvalue weighted by molar-refractivity contribution is 5.85. The van der Waals surface area contributed by atoms with E-state index in [2.05, 4.69) is 5.32 Å². The maximum absolute atomic E-state index is 13.1. The van der Waals surface area contributed by atoms with Gasteiger partial charge < -0.3 is 10.1 Å². The molecule has 0 amide bonds. The van der Waals surface area contributed by atoms with Crippen LogP contribution in [0.4, 0.5) is 4.39 Å². The highest BCUT2D eigenvalue weighted by Crippen LogP contribution is 2.20. The van der Waals surface area contributed by atoms with Gasteiger partial charge in [-0.15, -0.1) is 12.4 Å². The number of halogens is 2. The van der Waals surface area contributed by atoms with Gasteiger partial charge in [0, 0.05) is 12.1 Å². The molecule has 0 spiro atoms. The van der Waals surface area contributed by atoms with Crippen LogP contribution in [0.15, 0.2) is 18.2 Å². The van der Waals surface area contributed by atoms with Crippen LogP contribution in [0.2, 0.25) is 0 Å². The second-order valence-corrected chi connectivity index (χ2v) is 2.45. The topological polar surface area (TPSA) is 21.3 Å². The molecule has 0 saturated carbocycles. The standard InChI is InChI=1S/C9H12FNO.ClH/c1-11-6-7-8(10)4-3-5-9(7)12-2;/h3-5,11H,6H2,1-2H3;1H. The minimum absolute atomic E-state index is 0. The Morgan fingerprint density at radius 2 is 2.15 bits per heavy atom. The molecule has 0 aromatic heterocycles. The molecule has 0 heterocycles. The second-order valence-electron chi connectivity index (χ2n) is 2.45. The first-order chi connectivity index (χ1) is 5.79. The Labute approximate surface area is 83.5 Å². The van der Waals surface area contributed by atoms with Gasteiger partial charge in [-0.1, -0.05) is 6.07 Å².